The summed E-state index contributed by atoms with van der Waals surface area (Å²) >= 11 is 0. The molecule has 256 valence electrons. The summed E-state index contributed by atoms with van der Waals surface area (Å²) in [6, 6.07) is 49.5. The first kappa shape index (κ1) is 34.9. The molecule has 0 atom stereocenters. The molecule has 53 heavy (non-hydrogen) atoms. The summed E-state index contributed by atoms with van der Waals surface area (Å²) in [7, 11) is 0. The minimum atomic E-state index is 0.908. The molecule has 0 saturated heterocycles. The lowest BCUT2D eigenvalue weighted by molar-refractivity contribution is 1.44. The highest BCUT2D eigenvalue weighted by Gasteiger charge is 2.13. The molecular formula is C52H43N. The summed E-state index contributed by atoms with van der Waals surface area (Å²) in [5.41, 5.74) is 13.2. The van der Waals surface area contributed by atoms with Gasteiger partial charge in [0, 0.05) is 17.0 Å². The molecule has 0 radical (unpaired) electrons. The molecular weight excluding hydrogens is 639 g/mol. The zero-order chi connectivity index (χ0) is 36.9. The van der Waals surface area contributed by atoms with Crippen LogP contribution in [0.4, 0.5) is 0 Å². The van der Waals surface area contributed by atoms with Crippen molar-refractivity contribution in [2.45, 2.75) is 20.8 Å². The second kappa shape index (κ2) is 15.4. The molecule has 0 aliphatic rings. The Labute approximate surface area is 313 Å². The van der Waals surface area contributed by atoms with E-state index in [9.17, 15) is 0 Å². The number of aryl methyl sites for hydroxylation is 2. The maximum atomic E-state index is 4.99. The van der Waals surface area contributed by atoms with Gasteiger partial charge in [-0.1, -0.05) is 153 Å². The first-order valence-corrected chi connectivity index (χ1v) is 18.1. The van der Waals surface area contributed by atoms with Crippen LogP contribution >= 0.6 is 0 Å². The van der Waals surface area contributed by atoms with Crippen molar-refractivity contribution in [2.24, 2.45) is 4.99 Å². The monoisotopic (exact) mass is 681 g/mol. The van der Waals surface area contributed by atoms with Gasteiger partial charge >= 0.3 is 0 Å². The Hall–Kier alpha value is -6.57. The lowest BCUT2D eigenvalue weighted by atomic mass is 9.90. The molecule has 0 aliphatic heterocycles. The maximum absolute atomic E-state index is 4.99. The number of fused-ring (bicyclic) bond motifs is 3. The summed E-state index contributed by atoms with van der Waals surface area (Å²) in [6.45, 7) is 19.3. The van der Waals surface area contributed by atoms with Gasteiger partial charge in [0.15, 0.2) is 0 Å². The Balaban J connectivity index is 1.42. The number of rotatable bonds is 9. The molecule has 0 N–H and O–H groups in total. The topological polar surface area (TPSA) is 12.4 Å². The average molecular weight is 682 g/mol. The van der Waals surface area contributed by atoms with E-state index in [1.54, 1.807) is 0 Å². The van der Waals surface area contributed by atoms with Crippen LogP contribution in [0.3, 0.4) is 0 Å². The first-order chi connectivity index (χ1) is 25.9. The van der Waals surface area contributed by atoms with Crippen LogP contribution in [0.5, 0.6) is 0 Å². The highest BCUT2D eigenvalue weighted by Crippen LogP contribution is 2.33. The van der Waals surface area contributed by atoms with Crippen LogP contribution in [0, 0.1) is 13.8 Å². The lowest BCUT2D eigenvalue weighted by Crippen LogP contribution is -2.28. The molecule has 0 aromatic heterocycles. The summed E-state index contributed by atoms with van der Waals surface area (Å²) in [6.07, 6.45) is 10.2. The molecule has 0 fully saturated rings. The van der Waals surface area contributed by atoms with E-state index < -0.39 is 0 Å². The van der Waals surface area contributed by atoms with E-state index in [2.05, 4.69) is 185 Å². The van der Waals surface area contributed by atoms with Gasteiger partial charge in [-0.3, -0.25) is 4.99 Å². The summed E-state index contributed by atoms with van der Waals surface area (Å²) in [4.78, 5) is 4.99. The van der Waals surface area contributed by atoms with E-state index in [0.29, 0.717) is 0 Å². The van der Waals surface area contributed by atoms with E-state index >= 15 is 0 Å². The van der Waals surface area contributed by atoms with Crippen molar-refractivity contribution in [1.82, 2.24) is 0 Å². The fourth-order valence-electron chi connectivity index (χ4n) is 7.20. The van der Waals surface area contributed by atoms with E-state index in [1.165, 1.54) is 33.0 Å². The number of allylic oxidation sites excluding steroid dienone is 4. The number of nitrogens with zero attached hydrogens (tertiary/aromatic N) is 1. The Morgan fingerprint density at radius 1 is 0.509 bits per heavy atom. The van der Waals surface area contributed by atoms with Gasteiger partial charge < -0.3 is 0 Å². The molecule has 0 unspecified atom stereocenters. The Bertz CT molecular complexity index is 2650. The number of hydrogen-bond acceptors (Lipinski definition) is 1. The van der Waals surface area contributed by atoms with E-state index in [0.717, 1.165) is 65.9 Å². The quantitative estimate of drug-likeness (QED) is 0.0622. The van der Waals surface area contributed by atoms with Crippen molar-refractivity contribution in [3.8, 4) is 11.1 Å². The molecule has 7 aromatic rings. The van der Waals surface area contributed by atoms with Crippen LogP contribution in [0.15, 0.2) is 170 Å². The molecule has 0 saturated carbocycles. The SMILES string of the molecule is C=C/C(=C\c1ccccc1C)c1cc(/C(C=C)=C/c2ccccc2C)cc(-c2ccc(/C(N=CC)=c3/c(=C)c4ccccc4c4ccccc34)cc2)c1. The van der Waals surface area contributed by atoms with E-state index in [-0.39, 0.29) is 0 Å². The van der Waals surface area contributed by atoms with Crippen LogP contribution in [-0.2, 0) is 0 Å². The van der Waals surface area contributed by atoms with Crippen molar-refractivity contribution >= 4 is 63.3 Å². The number of aliphatic imine (C=N–C) groups is 1. The summed E-state index contributed by atoms with van der Waals surface area (Å²) < 4.78 is 0. The molecule has 0 spiro atoms. The molecule has 0 bridgehead atoms. The third-order valence-corrected chi connectivity index (χ3v) is 10.1. The number of benzene rings is 7. The van der Waals surface area contributed by atoms with Crippen molar-refractivity contribution in [1.29, 1.82) is 0 Å². The number of hydrogen-bond donors (Lipinski definition) is 0. The fourth-order valence-corrected chi connectivity index (χ4v) is 7.20. The van der Waals surface area contributed by atoms with Crippen LogP contribution in [0.1, 0.15) is 45.9 Å². The van der Waals surface area contributed by atoms with Crippen molar-refractivity contribution in [2.75, 3.05) is 0 Å². The third-order valence-electron chi connectivity index (χ3n) is 10.1. The first-order valence-electron chi connectivity index (χ1n) is 18.1. The zero-order valence-electron chi connectivity index (χ0n) is 30.7. The summed E-state index contributed by atoms with van der Waals surface area (Å²) in [5, 5.41) is 6.73. The second-order valence-electron chi connectivity index (χ2n) is 13.4. The Morgan fingerprint density at radius 3 is 1.49 bits per heavy atom. The van der Waals surface area contributed by atoms with Gasteiger partial charge in [-0.15, -0.1) is 0 Å². The van der Waals surface area contributed by atoms with Crippen molar-refractivity contribution in [3.05, 3.63) is 214 Å². The smallest absolute Gasteiger partial charge is 0.0782 e. The summed E-state index contributed by atoms with van der Waals surface area (Å²) in [5.74, 6) is 0. The van der Waals surface area contributed by atoms with Gasteiger partial charge in [-0.25, -0.2) is 0 Å². The fraction of sp³-hybridized carbons (Fsp3) is 0.0577. The Morgan fingerprint density at radius 2 is 0.981 bits per heavy atom. The van der Waals surface area contributed by atoms with Crippen LogP contribution < -0.4 is 10.4 Å². The van der Waals surface area contributed by atoms with Gasteiger partial charge in [0.25, 0.3) is 0 Å². The third kappa shape index (κ3) is 7.03. The minimum absolute atomic E-state index is 0.908. The van der Waals surface area contributed by atoms with Crippen LogP contribution in [-0.4, -0.2) is 6.21 Å². The molecule has 0 amide bonds. The normalized spacial score (nSPS) is 12.7. The van der Waals surface area contributed by atoms with Gasteiger partial charge in [-0.05, 0) is 134 Å². The zero-order valence-corrected chi connectivity index (χ0v) is 30.7. The maximum Gasteiger partial charge on any atom is 0.0782 e. The van der Waals surface area contributed by atoms with Gasteiger partial charge in [-0.2, -0.15) is 0 Å². The molecule has 1 nitrogen and oxygen atoms in total. The average Bonchev–Trinajstić information content (AvgIpc) is 3.20. The molecule has 7 rings (SSSR count). The van der Waals surface area contributed by atoms with E-state index in [4.69, 9.17) is 4.99 Å². The molecule has 1 heteroatoms. The molecule has 0 aliphatic carbocycles. The largest absolute Gasteiger partial charge is 0.260 e. The van der Waals surface area contributed by atoms with Gasteiger partial charge in [0.1, 0.15) is 0 Å². The van der Waals surface area contributed by atoms with Crippen molar-refractivity contribution in [3.63, 3.8) is 0 Å². The molecule has 0 heterocycles. The molecule has 7 aromatic carbocycles. The predicted octanol–water partition coefficient (Wildman–Crippen LogP) is 12.4. The van der Waals surface area contributed by atoms with Crippen LogP contribution in [0.2, 0.25) is 0 Å². The van der Waals surface area contributed by atoms with Crippen molar-refractivity contribution < 1.29 is 0 Å². The van der Waals surface area contributed by atoms with Crippen LogP contribution in [0.25, 0.3) is 68.2 Å². The van der Waals surface area contributed by atoms with Gasteiger partial charge in [0.05, 0.1) is 5.70 Å². The van der Waals surface area contributed by atoms with Gasteiger partial charge in [0.2, 0.25) is 0 Å². The highest BCUT2D eigenvalue weighted by molar-refractivity contribution is 6.08. The predicted molar refractivity (Wildman–Crippen MR) is 233 cm³/mol. The second-order valence-corrected chi connectivity index (χ2v) is 13.4. The Kier molecular flexibility index (Phi) is 10.1. The minimum Gasteiger partial charge on any atom is -0.260 e. The van der Waals surface area contributed by atoms with E-state index in [1.807, 2.05) is 25.3 Å². The standard InChI is InChI=1S/C52H43N/c1-7-38(30-42-20-12-10-18-35(42)4)44-32-45(39(8-2)31-43-21-13-11-19-36(43)5)34-46(33-44)40-26-28-41(29-27-40)52(53-9-3)51-37(6)47-22-14-15-23-48(47)49-24-16-17-25-50(49)51/h7-34H,1-2,6H2,3-5H3/b38-30+,39-31+,52-51+,53-9?. The highest BCUT2D eigenvalue weighted by atomic mass is 14.7. The lowest BCUT2D eigenvalue weighted by Gasteiger charge is -2.14.